The van der Waals surface area contributed by atoms with Crippen LogP contribution in [0.4, 0.5) is 5.69 Å². The fraction of sp³-hybridized carbons (Fsp3) is 0.308. The minimum absolute atomic E-state index is 0.0151. The maximum Gasteiger partial charge on any atom is 0.270 e. The summed E-state index contributed by atoms with van der Waals surface area (Å²) in [4.78, 5) is 22.4. The number of hydrogen-bond donors (Lipinski definition) is 0. The Hall–Kier alpha value is -2.17. The monoisotopic (exact) mass is 246 g/mol. The fourth-order valence-electron chi connectivity index (χ4n) is 2.10. The topological polar surface area (TPSA) is 65.1 Å². The number of pyridine rings is 1. The number of nitro benzene ring substituents is 1. The van der Waals surface area contributed by atoms with Crippen LogP contribution < -0.4 is 5.56 Å². The molecule has 5 heteroatoms. The van der Waals surface area contributed by atoms with Crippen LogP contribution in [0.5, 0.6) is 0 Å². The first-order valence-corrected chi connectivity index (χ1v) is 5.72. The number of nitro groups is 1. The second-order valence-corrected chi connectivity index (χ2v) is 4.60. The number of fused-ring (bicyclic) bond motifs is 1. The molecule has 18 heavy (non-hydrogen) atoms. The predicted molar refractivity (Wildman–Crippen MR) is 70.0 cm³/mol. The molecule has 5 nitrogen and oxygen atoms in total. The third kappa shape index (κ3) is 1.88. The lowest BCUT2D eigenvalue weighted by atomic mass is 10.1. The largest absolute Gasteiger partial charge is 0.306 e. The summed E-state index contributed by atoms with van der Waals surface area (Å²) in [5.74, 6) is 0. The van der Waals surface area contributed by atoms with Crippen molar-refractivity contribution in [1.29, 1.82) is 0 Å². The van der Waals surface area contributed by atoms with E-state index in [0.29, 0.717) is 5.56 Å². The van der Waals surface area contributed by atoms with Crippen molar-refractivity contribution in [1.82, 2.24) is 4.57 Å². The number of benzene rings is 1. The van der Waals surface area contributed by atoms with E-state index in [-0.39, 0.29) is 17.3 Å². The molecule has 2 aromatic rings. The summed E-state index contributed by atoms with van der Waals surface area (Å²) < 4.78 is 1.66. The molecule has 0 radical (unpaired) electrons. The summed E-state index contributed by atoms with van der Waals surface area (Å²) in [7, 11) is 0. The van der Waals surface area contributed by atoms with Crippen molar-refractivity contribution in [3.05, 3.63) is 50.3 Å². The van der Waals surface area contributed by atoms with Gasteiger partial charge in [0, 0.05) is 29.1 Å². The van der Waals surface area contributed by atoms with Crippen LogP contribution in [0.15, 0.2) is 29.1 Å². The maximum atomic E-state index is 12.1. The van der Waals surface area contributed by atoms with E-state index in [1.54, 1.807) is 23.6 Å². The van der Waals surface area contributed by atoms with Crippen LogP contribution in [0.1, 0.15) is 25.5 Å². The van der Waals surface area contributed by atoms with Gasteiger partial charge in [-0.2, -0.15) is 0 Å². The van der Waals surface area contributed by atoms with Gasteiger partial charge in [0.2, 0.25) is 0 Å². The summed E-state index contributed by atoms with van der Waals surface area (Å²) in [6, 6.07) is 6.27. The van der Waals surface area contributed by atoms with E-state index in [9.17, 15) is 14.9 Å². The fourth-order valence-corrected chi connectivity index (χ4v) is 2.10. The molecular weight excluding hydrogens is 232 g/mol. The maximum absolute atomic E-state index is 12.1. The highest BCUT2D eigenvalue weighted by molar-refractivity contribution is 5.82. The summed E-state index contributed by atoms with van der Waals surface area (Å²) >= 11 is 0. The van der Waals surface area contributed by atoms with E-state index < -0.39 is 4.92 Å². The van der Waals surface area contributed by atoms with Crippen LogP contribution in [0.2, 0.25) is 0 Å². The minimum atomic E-state index is -0.431. The highest BCUT2D eigenvalue weighted by atomic mass is 16.6. The molecule has 0 N–H and O–H groups in total. The molecule has 2 rings (SSSR count). The molecule has 0 saturated heterocycles. The Morgan fingerprint density at radius 1 is 1.28 bits per heavy atom. The first kappa shape index (κ1) is 12.3. The van der Waals surface area contributed by atoms with E-state index >= 15 is 0 Å². The number of rotatable bonds is 2. The van der Waals surface area contributed by atoms with Crippen LogP contribution in [-0.4, -0.2) is 9.49 Å². The predicted octanol–water partition coefficient (Wildman–Crippen LogP) is 2.80. The minimum Gasteiger partial charge on any atom is -0.306 e. The van der Waals surface area contributed by atoms with Crippen molar-refractivity contribution >= 4 is 16.6 Å². The Bertz CT molecular complexity index is 686. The Morgan fingerprint density at radius 3 is 2.50 bits per heavy atom. The molecular formula is C13H14N2O3. The zero-order valence-electron chi connectivity index (χ0n) is 10.5. The van der Waals surface area contributed by atoms with E-state index in [2.05, 4.69) is 0 Å². The van der Waals surface area contributed by atoms with Crippen LogP contribution in [-0.2, 0) is 0 Å². The van der Waals surface area contributed by atoms with Crippen molar-refractivity contribution in [3.8, 4) is 0 Å². The molecule has 0 fully saturated rings. The normalized spacial score (nSPS) is 11.1. The van der Waals surface area contributed by atoms with Gasteiger partial charge in [-0.1, -0.05) is 0 Å². The molecule has 0 spiro atoms. The molecule has 0 atom stereocenters. The quantitative estimate of drug-likeness (QED) is 0.604. The molecule has 1 heterocycles. The third-order valence-electron chi connectivity index (χ3n) is 2.93. The molecule has 0 unspecified atom stereocenters. The lowest BCUT2D eigenvalue weighted by Gasteiger charge is -2.14. The van der Waals surface area contributed by atoms with Crippen molar-refractivity contribution < 1.29 is 4.92 Å². The summed E-state index contributed by atoms with van der Waals surface area (Å²) in [5, 5.41) is 11.5. The Balaban J connectivity index is 2.87. The first-order chi connectivity index (χ1) is 8.41. The molecule has 0 saturated carbocycles. The highest BCUT2D eigenvalue weighted by Crippen LogP contribution is 2.22. The van der Waals surface area contributed by atoms with Gasteiger partial charge in [0.25, 0.3) is 11.2 Å². The molecule has 0 amide bonds. The van der Waals surface area contributed by atoms with E-state index in [4.69, 9.17) is 0 Å². The number of aryl methyl sites for hydroxylation is 1. The van der Waals surface area contributed by atoms with Gasteiger partial charge in [-0.05, 0) is 32.9 Å². The van der Waals surface area contributed by atoms with Gasteiger partial charge in [-0.15, -0.1) is 0 Å². The summed E-state index contributed by atoms with van der Waals surface area (Å²) in [5.41, 5.74) is 1.31. The third-order valence-corrected chi connectivity index (χ3v) is 2.93. The standard InChI is InChI=1S/C13H14N2O3/c1-8(2)14-12-5-4-11(15(17)18)7-10(12)6-9(3)13(14)16/h4-8H,1-3H3. The van der Waals surface area contributed by atoms with Gasteiger partial charge < -0.3 is 4.57 Å². The van der Waals surface area contributed by atoms with Gasteiger partial charge in [-0.3, -0.25) is 14.9 Å². The van der Waals surface area contributed by atoms with Crippen LogP contribution >= 0.6 is 0 Å². The molecule has 1 aromatic carbocycles. The molecule has 0 bridgehead atoms. The number of non-ortho nitro benzene ring substituents is 1. The molecule has 1 aromatic heterocycles. The second kappa shape index (κ2) is 4.25. The zero-order chi connectivity index (χ0) is 13.4. The number of aromatic nitrogens is 1. The van der Waals surface area contributed by atoms with Gasteiger partial charge in [0.1, 0.15) is 0 Å². The molecule has 0 aliphatic heterocycles. The van der Waals surface area contributed by atoms with E-state index in [1.165, 1.54) is 12.1 Å². The van der Waals surface area contributed by atoms with Crippen molar-refractivity contribution in [2.45, 2.75) is 26.8 Å². The van der Waals surface area contributed by atoms with Crippen molar-refractivity contribution in [2.24, 2.45) is 0 Å². The second-order valence-electron chi connectivity index (χ2n) is 4.60. The van der Waals surface area contributed by atoms with Crippen molar-refractivity contribution in [3.63, 3.8) is 0 Å². The molecule has 94 valence electrons. The average molecular weight is 246 g/mol. The van der Waals surface area contributed by atoms with Crippen molar-refractivity contribution in [2.75, 3.05) is 0 Å². The number of nitrogens with zero attached hydrogens (tertiary/aromatic N) is 2. The average Bonchev–Trinajstić information content (AvgIpc) is 2.29. The molecule has 0 aliphatic rings. The number of hydrogen-bond acceptors (Lipinski definition) is 3. The Labute approximate surface area is 104 Å². The SMILES string of the molecule is Cc1cc2cc([N+](=O)[O-])ccc2n(C(C)C)c1=O. The Kier molecular flexibility index (Phi) is 2.90. The van der Waals surface area contributed by atoms with Gasteiger partial charge in [-0.25, -0.2) is 0 Å². The van der Waals surface area contributed by atoms with Gasteiger partial charge in [0.05, 0.1) is 10.4 Å². The van der Waals surface area contributed by atoms with Crippen LogP contribution in [0.25, 0.3) is 10.9 Å². The van der Waals surface area contributed by atoms with Gasteiger partial charge in [0.15, 0.2) is 0 Å². The van der Waals surface area contributed by atoms with Crippen LogP contribution in [0.3, 0.4) is 0 Å². The lowest BCUT2D eigenvalue weighted by Crippen LogP contribution is -2.24. The zero-order valence-corrected chi connectivity index (χ0v) is 10.5. The highest BCUT2D eigenvalue weighted by Gasteiger charge is 2.12. The smallest absolute Gasteiger partial charge is 0.270 e. The van der Waals surface area contributed by atoms with Gasteiger partial charge >= 0.3 is 0 Å². The summed E-state index contributed by atoms with van der Waals surface area (Å²) in [6.07, 6.45) is 0. The molecule has 0 aliphatic carbocycles. The van der Waals surface area contributed by atoms with E-state index in [0.717, 1.165) is 10.9 Å². The summed E-state index contributed by atoms with van der Waals surface area (Å²) in [6.45, 7) is 5.56. The first-order valence-electron chi connectivity index (χ1n) is 5.72. The van der Waals surface area contributed by atoms with E-state index in [1.807, 2.05) is 13.8 Å². The lowest BCUT2D eigenvalue weighted by molar-refractivity contribution is -0.384. The van der Waals surface area contributed by atoms with Crippen LogP contribution in [0, 0.1) is 17.0 Å². The Morgan fingerprint density at radius 2 is 1.94 bits per heavy atom.